The highest BCUT2D eigenvalue weighted by Gasteiger charge is 2.08. The Labute approximate surface area is 104 Å². The molecule has 0 saturated heterocycles. The minimum absolute atomic E-state index is 0.0416. The summed E-state index contributed by atoms with van der Waals surface area (Å²) in [6.45, 7) is 3.84. The highest BCUT2D eigenvalue weighted by Crippen LogP contribution is 2.19. The van der Waals surface area contributed by atoms with E-state index in [0.29, 0.717) is 11.3 Å². The third-order valence-corrected chi connectivity index (χ3v) is 2.45. The summed E-state index contributed by atoms with van der Waals surface area (Å²) in [5, 5.41) is 0.736. The molecule has 3 N–H and O–H groups in total. The highest BCUT2D eigenvalue weighted by molar-refractivity contribution is 5.96. The molecule has 1 heterocycles. The molecule has 5 nitrogen and oxygen atoms in total. The van der Waals surface area contributed by atoms with Gasteiger partial charge in [0, 0.05) is 6.07 Å². The van der Waals surface area contributed by atoms with E-state index in [-0.39, 0.29) is 11.7 Å². The first kappa shape index (κ1) is 12.2. The van der Waals surface area contributed by atoms with Crippen molar-refractivity contribution < 1.29 is 9.53 Å². The average Bonchev–Trinajstić information content (AvgIpc) is 2.26. The van der Waals surface area contributed by atoms with Crippen molar-refractivity contribution in [2.75, 3.05) is 0 Å². The van der Waals surface area contributed by atoms with Gasteiger partial charge < -0.3 is 15.5 Å². The van der Waals surface area contributed by atoms with E-state index in [0.717, 1.165) is 5.39 Å². The lowest BCUT2D eigenvalue weighted by atomic mass is 10.1. The van der Waals surface area contributed by atoms with Crippen LogP contribution in [0.25, 0.3) is 10.9 Å². The lowest BCUT2D eigenvalue weighted by Gasteiger charge is -2.10. The van der Waals surface area contributed by atoms with Crippen molar-refractivity contribution in [2.24, 2.45) is 5.73 Å². The van der Waals surface area contributed by atoms with Gasteiger partial charge in [0.2, 0.25) is 0 Å². The predicted molar refractivity (Wildman–Crippen MR) is 68.9 cm³/mol. The zero-order chi connectivity index (χ0) is 13.3. The number of nitrogens with one attached hydrogen (secondary N) is 1. The van der Waals surface area contributed by atoms with E-state index in [1.54, 1.807) is 18.2 Å². The predicted octanol–water partition coefficient (Wildman–Crippen LogP) is 1.41. The standard InChI is InChI=1S/C13H14N2O3/c1-7(2)18-9-4-3-8-5-10(12(14)16)13(17)15-11(8)6-9/h3-7H,1-2H3,(H2,14,16)(H,15,17). The molecule has 0 bridgehead atoms. The minimum Gasteiger partial charge on any atom is -0.491 e. The van der Waals surface area contributed by atoms with Crippen LogP contribution in [0.2, 0.25) is 0 Å². The summed E-state index contributed by atoms with van der Waals surface area (Å²) < 4.78 is 5.53. The van der Waals surface area contributed by atoms with Gasteiger partial charge in [-0.05, 0) is 37.4 Å². The molecule has 0 atom stereocenters. The molecule has 1 aromatic heterocycles. The van der Waals surface area contributed by atoms with Gasteiger partial charge in [-0.15, -0.1) is 0 Å². The SMILES string of the molecule is CC(C)Oc1ccc2cc(C(N)=O)c(=O)[nH]c2c1. The van der Waals surface area contributed by atoms with E-state index >= 15 is 0 Å². The Balaban J connectivity index is 2.56. The number of fused-ring (bicyclic) bond motifs is 1. The molecule has 0 saturated carbocycles. The van der Waals surface area contributed by atoms with Crippen molar-refractivity contribution in [2.45, 2.75) is 20.0 Å². The molecule has 5 heteroatoms. The maximum Gasteiger partial charge on any atom is 0.261 e. The molecular weight excluding hydrogens is 232 g/mol. The lowest BCUT2D eigenvalue weighted by molar-refractivity contribution is 0.0999. The summed E-state index contributed by atoms with van der Waals surface area (Å²) in [4.78, 5) is 25.3. The zero-order valence-electron chi connectivity index (χ0n) is 10.2. The van der Waals surface area contributed by atoms with Gasteiger partial charge in [0.05, 0.1) is 11.6 Å². The van der Waals surface area contributed by atoms with Crippen molar-refractivity contribution >= 4 is 16.8 Å². The zero-order valence-corrected chi connectivity index (χ0v) is 10.2. The van der Waals surface area contributed by atoms with Crippen molar-refractivity contribution in [3.63, 3.8) is 0 Å². The third kappa shape index (κ3) is 2.34. The normalized spacial score (nSPS) is 10.8. The summed E-state index contributed by atoms with van der Waals surface area (Å²) >= 11 is 0. The quantitative estimate of drug-likeness (QED) is 0.858. The number of hydrogen-bond donors (Lipinski definition) is 2. The number of nitrogens with two attached hydrogens (primary N) is 1. The van der Waals surface area contributed by atoms with Gasteiger partial charge in [-0.25, -0.2) is 0 Å². The van der Waals surface area contributed by atoms with Crippen LogP contribution in [0.1, 0.15) is 24.2 Å². The molecule has 0 aliphatic carbocycles. The van der Waals surface area contributed by atoms with Gasteiger partial charge in [0.1, 0.15) is 11.3 Å². The van der Waals surface area contributed by atoms with Gasteiger partial charge in [-0.1, -0.05) is 0 Å². The summed E-state index contributed by atoms with van der Waals surface area (Å²) in [5.74, 6) is -0.0689. The Morgan fingerprint density at radius 1 is 1.33 bits per heavy atom. The topological polar surface area (TPSA) is 85.2 Å². The van der Waals surface area contributed by atoms with Gasteiger partial charge in [0.25, 0.3) is 11.5 Å². The number of aromatic amines is 1. The second kappa shape index (κ2) is 4.52. The largest absolute Gasteiger partial charge is 0.491 e. The number of ether oxygens (including phenoxy) is 1. The third-order valence-electron chi connectivity index (χ3n) is 2.45. The average molecular weight is 246 g/mol. The molecule has 1 aromatic carbocycles. The fourth-order valence-electron chi connectivity index (χ4n) is 1.71. The van der Waals surface area contributed by atoms with Crippen LogP contribution < -0.4 is 16.0 Å². The molecule has 0 radical (unpaired) electrons. The summed E-state index contributed by atoms with van der Waals surface area (Å²) in [6.07, 6.45) is 0.0547. The Bertz CT molecular complexity index is 659. The number of aromatic nitrogens is 1. The number of carbonyl (C=O) groups excluding carboxylic acids is 1. The van der Waals surface area contributed by atoms with Crippen LogP contribution in [0.5, 0.6) is 5.75 Å². The number of carbonyl (C=O) groups is 1. The smallest absolute Gasteiger partial charge is 0.261 e. The van der Waals surface area contributed by atoms with Gasteiger partial charge in [0.15, 0.2) is 0 Å². The van der Waals surface area contributed by atoms with E-state index in [9.17, 15) is 9.59 Å². The Kier molecular flexibility index (Phi) is 3.06. The first-order valence-electron chi connectivity index (χ1n) is 5.61. The van der Waals surface area contributed by atoms with Gasteiger partial charge in [-0.2, -0.15) is 0 Å². The van der Waals surface area contributed by atoms with Crippen LogP contribution in [0.15, 0.2) is 29.1 Å². The molecule has 0 unspecified atom stereocenters. The minimum atomic E-state index is -0.736. The highest BCUT2D eigenvalue weighted by atomic mass is 16.5. The van der Waals surface area contributed by atoms with Crippen LogP contribution in [-0.2, 0) is 0 Å². The lowest BCUT2D eigenvalue weighted by Crippen LogP contribution is -2.23. The van der Waals surface area contributed by atoms with E-state index in [1.807, 2.05) is 13.8 Å². The maximum atomic E-state index is 11.6. The maximum absolute atomic E-state index is 11.6. The molecule has 94 valence electrons. The van der Waals surface area contributed by atoms with Crippen molar-refractivity contribution in [1.82, 2.24) is 4.98 Å². The van der Waals surface area contributed by atoms with Crippen LogP contribution >= 0.6 is 0 Å². The van der Waals surface area contributed by atoms with Crippen molar-refractivity contribution in [3.05, 3.63) is 40.2 Å². The van der Waals surface area contributed by atoms with Gasteiger partial charge >= 0.3 is 0 Å². The fraction of sp³-hybridized carbons (Fsp3) is 0.231. The second-order valence-electron chi connectivity index (χ2n) is 4.29. The van der Waals surface area contributed by atoms with E-state index in [4.69, 9.17) is 10.5 Å². The monoisotopic (exact) mass is 246 g/mol. The Morgan fingerprint density at radius 2 is 2.06 bits per heavy atom. The molecule has 1 amide bonds. The molecule has 0 spiro atoms. The van der Waals surface area contributed by atoms with Crippen LogP contribution in [0, 0.1) is 0 Å². The molecule has 0 aliphatic heterocycles. The second-order valence-corrected chi connectivity index (χ2v) is 4.29. The Hall–Kier alpha value is -2.30. The van der Waals surface area contributed by atoms with Crippen LogP contribution in [0.4, 0.5) is 0 Å². The number of primary amides is 1. The molecular formula is C13H14N2O3. The Morgan fingerprint density at radius 3 is 2.67 bits per heavy atom. The van der Waals surface area contributed by atoms with Crippen LogP contribution in [0.3, 0.4) is 0 Å². The summed E-state index contributed by atoms with van der Waals surface area (Å²) in [6, 6.07) is 6.76. The molecule has 18 heavy (non-hydrogen) atoms. The molecule has 0 fully saturated rings. The van der Waals surface area contributed by atoms with E-state index in [1.165, 1.54) is 6.07 Å². The number of H-pyrrole nitrogens is 1. The number of amides is 1. The number of benzene rings is 1. The number of rotatable bonds is 3. The molecule has 2 rings (SSSR count). The first-order valence-corrected chi connectivity index (χ1v) is 5.61. The summed E-state index contributed by atoms with van der Waals surface area (Å²) in [7, 11) is 0. The van der Waals surface area contributed by atoms with E-state index in [2.05, 4.69) is 4.98 Å². The number of hydrogen-bond acceptors (Lipinski definition) is 3. The van der Waals surface area contributed by atoms with Crippen molar-refractivity contribution in [3.8, 4) is 5.75 Å². The molecule has 0 aliphatic rings. The first-order chi connectivity index (χ1) is 8.47. The van der Waals surface area contributed by atoms with Gasteiger partial charge in [-0.3, -0.25) is 9.59 Å². The summed E-state index contributed by atoms with van der Waals surface area (Å²) in [5.41, 5.74) is 5.20. The van der Waals surface area contributed by atoms with E-state index < -0.39 is 11.5 Å². The van der Waals surface area contributed by atoms with Crippen LogP contribution in [-0.4, -0.2) is 17.0 Å². The fourth-order valence-corrected chi connectivity index (χ4v) is 1.71. The van der Waals surface area contributed by atoms with Crippen molar-refractivity contribution in [1.29, 1.82) is 0 Å². The molecule has 2 aromatic rings. The number of pyridine rings is 1.